The molecule has 0 aliphatic carbocycles. The van der Waals surface area contributed by atoms with Gasteiger partial charge in [0.05, 0.1) is 12.8 Å². The van der Waals surface area contributed by atoms with Gasteiger partial charge in [-0.15, -0.1) is 0 Å². The molecule has 3 rings (SSSR count). The highest BCUT2D eigenvalue weighted by Crippen LogP contribution is 2.24. The Kier molecular flexibility index (Phi) is 4.67. The molecule has 1 aliphatic rings. The van der Waals surface area contributed by atoms with Crippen molar-refractivity contribution in [1.29, 1.82) is 0 Å². The van der Waals surface area contributed by atoms with E-state index in [2.05, 4.69) is 20.3 Å². The van der Waals surface area contributed by atoms with Gasteiger partial charge in [0.15, 0.2) is 5.82 Å². The van der Waals surface area contributed by atoms with Gasteiger partial charge in [-0.05, 0) is 31.4 Å². The zero-order valence-corrected chi connectivity index (χ0v) is 12.5. The summed E-state index contributed by atoms with van der Waals surface area (Å²) in [7, 11) is 1.74. The van der Waals surface area contributed by atoms with Crippen LogP contribution in [0.25, 0.3) is 5.52 Å². The van der Waals surface area contributed by atoms with E-state index < -0.39 is 0 Å². The molecule has 1 fully saturated rings. The minimum atomic E-state index is 0.667. The Labute approximate surface area is 125 Å². The summed E-state index contributed by atoms with van der Waals surface area (Å²) in [5.41, 5.74) is 1.09. The normalized spacial score (nSPS) is 19.3. The van der Waals surface area contributed by atoms with Gasteiger partial charge in [0, 0.05) is 39.1 Å². The maximum Gasteiger partial charge on any atom is 0.154 e. The van der Waals surface area contributed by atoms with Gasteiger partial charge in [-0.2, -0.15) is 5.10 Å². The first kappa shape index (κ1) is 14.3. The number of aromatic nitrogens is 3. The number of nitrogens with zero attached hydrogens (tertiary/aromatic N) is 4. The van der Waals surface area contributed by atoms with Gasteiger partial charge in [-0.3, -0.25) is 0 Å². The first-order valence-electron chi connectivity index (χ1n) is 7.61. The number of fused-ring (bicyclic) bond motifs is 1. The Morgan fingerprint density at radius 2 is 2.38 bits per heavy atom. The van der Waals surface area contributed by atoms with Crippen LogP contribution in [0.5, 0.6) is 0 Å². The molecule has 0 aromatic carbocycles. The summed E-state index contributed by atoms with van der Waals surface area (Å²) in [5.74, 6) is 1.72. The molecule has 3 heterocycles. The van der Waals surface area contributed by atoms with Crippen molar-refractivity contribution in [2.75, 3.05) is 44.8 Å². The molecule has 2 aromatic heterocycles. The lowest BCUT2D eigenvalue weighted by Gasteiger charge is -2.34. The van der Waals surface area contributed by atoms with Crippen LogP contribution in [0, 0.1) is 5.92 Å². The highest BCUT2D eigenvalue weighted by Gasteiger charge is 2.22. The fraction of sp³-hybridized carbons (Fsp3) is 0.600. The fourth-order valence-corrected chi connectivity index (χ4v) is 2.99. The molecule has 2 aromatic rings. The summed E-state index contributed by atoms with van der Waals surface area (Å²) in [6.07, 6.45) is 8.04. The van der Waals surface area contributed by atoms with Crippen LogP contribution >= 0.6 is 0 Å². The summed E-state index contributed by atoms with van der Waals surface area (Å²) in [5, 5.41) is 7.76. The molecule has 0 radical (unpaired) electrons. The van der Waals surface area contributed by atoms with Crippen LogP contribution in [-0.4, -0.2) is 54.5 Å². The van der Waals surface area contributed by atoms with Crippen LogP contribution in [-0.2, 0) is 4.74 Å². The van der Waals surface area contributed by atoms with E-state index in [1.807, 2.05) is 29.2 Å². The van der Waals surface area contributed by atoms with Gasteiger partial charge >= 0.3 is 0 Å². The van der Waals surface area contributed by atoms with Crippen LogP contribution in [0.2, 0.25) is 0 Å². The van der Waals surface area contributed by atoms with Gasteiger partial charge in [-0.25, -0.2) is 9.50 Å². The van der Waals surface area contributed by atoms with Crippen LogP contribution in [0.4, 0.5) is 5.82 Å². The third-order valence-corrected chi connectivity index (χ3v) is 4.04. The van der Waals surface area contributed by atoms with Crippen molar-refractivity contribution in [2.45, 2.75) is 12.8 Å². The zero-order valence-electron chi connectivity index (χ0n) is 12.5. The van der Waals surface area contributed by atoms with E-state index >= 15 is 0 Å². The molecular weight excluding hydrogens is 266 g/mol. The summed E-state index contributed by atoms with van der Waals surface area (Å²) < 4.78 is 6.96. The molecule has 1 atom stereocenters. The second-order valence-electron chi connectivity index (χ2n) is 5.56. The fourth-order valence-electron chi connectivity index (χ4n) is 2.99. The van der Waals surface area contributed by atoms with Crippen molar-refractivity contribution in [1.82, 2.24) is 19.9 Å². The topological polar surface area (TPSA) is 54.7 Å². The number of anilines is 1. The molecule has 1 N–H and O–H groups in total. The molecule has 114 valence electrons. The van der Waals surface area contributed by atoms with E-state index in [1.54, 1.807) is 7.11 Å². The van der Waals surface area contributed by atoms with E-state index in [-0.39, 0.29) is 0 Å². The second kappa shape index (κ2) is 6.87. The lowest BCUT2D eigenvalue weighted by atomic mass is 9.98. The number of piperidine rings is 1. The number of methoxy groups -OCH3 is 1. The number of hydrogen-bond acceptors (Lipinski definition) is 5. The molecular formula is C15H23N5O. The molecule has 21 heavy (non-hydrogen) atoms. The highest BCUT2D eigenvalue weighted by molar-refractivity contribution is 5.68. The van der Waals surface area contributed by atoms with E-state index in [4.69, 9.17) is 4.74 Å². The minimum absolute atomic E-state index is 0.667. The van der Waals surface area contributed by atoms with E-state index in [0.29, 0.717) is 5.92 Å². The van der Waals surface area contributed by atoms with Crippen LogP contribution in [0.15, 0.2) is 24.7 Å². The van der Waals surface area contributed by atoms with Crippen molar-refractivity contribution >= 4 is 11.3 Å². The smallest absolute Gasteiger partial charge is 0.154 e. The summed E-state index contributed by atoms with van der Waals surface area (Å²) in [6.45, 7) is 4.86. The predicted molar refractivity (Wildman–Crippen MR) is 82.7 cm³/mol. The van der Waals surface area contributed by atoms with Crippen LogP contribution < -0.4 is 10.2 Å². The molecule has 0 bridgehead atoms. The minimum Gasteiger partial charge on any atom is -0.383 e. The molecule has 0 saturated carbocycles. The number of hydrogen-bond donors (Lipinski definition) is 1. The maximum absolute atomic E-state index is 5.07. The Morgan fingerprint density at radius 1 is 1.43 bits per heavy atom. The largest absolute Gasteiger partial charge is 0.383 e. The Balaban J connectivity index is 1.64. The molecule has 1 unspecified atom stereocenters. The first-order valence-corrected chi connectivity index (χ1v) is 7.61. The maximum atomic E-state index is 5.07. The number of nitrogens with one attached hydrogen (secondary N) is 1. The molecule has 6 heteroatoms. The zero-order chi connectivity index (χ0) is 14.5. The van der Waals surface area contributed by atoms with Gasteiger partial charge in [0.25, 0.3) is 0 Å². The molecule has 0 spiro atoms. The van der Waals surface area contributed by atoms with Gasteiger partial charge in [-0.1, -0.05) is 0 Å². The van der Waals surface area contributed by atoms with E-state index in [0.717, 1.165) is 44.1 Å². The van der Waals surface area contributed by atoms with Crippen molar-refractivity contribution < 1.29 is 4.74 Å². The lowest BCUT2D eigenvalue weighted by Crippen LogP contribution is -2.40. The van der Waals surface area contributed by atoms with Crippen LogP contribution in [0.3, 0.4) is 0 Å². The average Bonchev–Trinajstić information content (AvgIpc) is 3.00. The summed E-state index contributed by atoms with van der Waals surface area (Å²) >= 11 is 0. The molecule has 1 saturated heterocycles. The van der Waals surface area contributed by atoms with E-state index in [9.17, 15) is 0 Å². The monoisotopic (exact) mass is 289 g/mol. The Morgan fingerprint density at radius 3 is 3.29 bits per heavy atom. The van der Waals surface area contributed by atoms with E-state index in [1.165, 1.54) is 12.8 Å². The Hall–Kier alpha value is -1.66. The third-order valence-electron chi connectivity index (χ3n) is 4.04. The predicted octanol–water partition coefficient (Wildman–Crippen LogP) is 1.18. The first-order chi connectivity index (χ1) is 10.4. The van der Waals surface area contributed by atoms with Crippen molar-refractivity contribution in [3.63, 3.8) is 0 Å². The van der Waals surface area contributed by atoms with Gasteiger partial charge in [0.1, 0.15) is 5.52 Å². The van der Waals surface area contributed by atoms with Crippen LogP contribution in [0.1, 0.15) is 12.8 Å². The van der Waals surface area contributed by atoms with Crippen molar-refractivity contribution in [3.05, 3.63) is 24.7 Å². The van der Waals surface area contributed by atoms with Crippen molar-refractivity contribution in [2.24, 2.45) is 5.92 Å². The number of rotatable bonds is 6. The highest BCUT2D eigenvalue weighted by atomic mass is 16.5. The van der Waals surface area contributed by atoms with Crippen molar-refractivity contribution in [3.8, 4) is 0 Å². The number of ether oxygens (including phenoxy) is 1. The molecule has 0 amide bonds. The summed E-state index contributed by atoms with van der Waals surface area (Å²) in [4.78, 5) is 6.96. The standard InChI is InChI=1S/C15H23N5O/c1-21-10-7-16-11-13-3-2-8-19(12-13)15-14-4-5-18-20(14)9-6-17-15/h4-6,9,13,16H,2-3,7-8,10-12H2,1H3. The quantitative estimate of drug-likeness (QED) is 0.809. The molecule has 1 aliphatic heterocycles. The van der Waals surface area contributed by atoms with Gasteiger partial charge < -0.3 is 15.0 Å². The van der Waals surface area contributed by atoms with Gasteiger partial charge in [0.2, 0.25) is 0 Å². The lowest BCUT2D eigenvalue weighted by molar-refractivity contribution is 0.197. The SMILES string of the molecule is COCCNCC1CCCN(c2nccn3nccc23)C1. The average molecular weight is 289 g/mol. The third kappa shape index (κ3) is 3.33. The molecule has 6 nitrogen and oxygen atoms in total. The Bertz CT molecular complexity index is 570. The second-order valence-corrected chi connectivity index (χ2v) is 5.56. The summed E-state index contributed by atoms with van der Waals surface area (Å²) in [6, 6.07) is 2.03.